The Balaban J connectivity index is 1.44. The van der Waals surface area contributed by atoms with E-state index in [1.807, 2.05) is 49.4 Å². The Kier molecular flexibility index (Phi) is 5.94. The molecule has 0 unspecified atom stereocenters. The lowest BCUT2D eigenvalue weighted by Gasteiger charge is -2.29. The molecule has 0 saturated heterocycles. The first kappa shape index (κ1) is 21.4. The topological polar surface area (TPSA) is 61.1 Å². The summed E-state index contributed by atoms with van der Waals surface area (Å²) < 4.78 is 23.3. The standard InChI is InChI=1S/C26H22ClNO5/c1-2-30-22-5-3-4-6-23(22)33-24-15-31-26-19(25(24)29)11-12-21-20(26)14-28(16-32-21)13-17-7-9-18(27)10-8-17/h3-12,15H,2,13-14,16H2,1H3. The number of fused-ring (bicyclic) bond motifs is 3. The summed E-state index contributed by atoms with van der Waals surface area (Å²) in [6, 6.07) is 18.5. The van der Waals surface area contributed by atoms with Crippen molar-refractivity contribution in [2.24, 2.45) is 0 Å². The average molecular weight is 464 g/mol. The minimum Gasteiger partial charge on any atom is -0.490 e. The molecule has 1 aromatic heterocycles. The molecule has 1 aliphatic heterocycles. The summed E-state index contributed by atoms with van der Waals surface area (Å²) in [4.78, 5) is 15.3. The Morgan fingerprint density at radius 3 is 2.58 bits per heavy atom. The molecule has 0 aliphatic carbocycles. The van der Waals surface area contributed by atoms with Gasteiger partial charge in [-0.25, -0.2) is 0 Å². The van der Waals surface area contributed by atoms with Crippen LogP contribution in [0.2, 0.25) is 5.02 Å². The van der Waals surface area contributed by atoms with Crippen LogP contribution in [0.5, 0.6) is 23.0 Å². The number of hydrogen-bond donors (Lipinski definition) is 0. The zero-order valence-corrected chi connectivity index (χ0v) is 18.8. The molecule has 1 aliphatic rings. The smallest absolute Gasteiger partial charge is 0.235 e. The van der Waals surface area contributed by atoms with Gasteiger partial charge in [-0.2, -0.15) is 0 Å². The molecule has 6 nitrogen and oxygen atoms in total. The third-order valence-electron chi connectivity index (χ3n) is 5.44. The highest BCUT2D eigenvalue weighted by atomic mass is 35.5. The lowest BCUT2D eigenvalue weighted by atomic mass is 10.1. The van der Waals surface area contributed by atoms with E-state index in [0.717, 1.165) is 11.1 Å². The average Bonchev–Trinajstić information content (AvgIpc) is 2.83. The van der Waals surface area contributed by atoms with E-state index in [9.17, 15) is 4.79 Å². The normalized spacial score (nSPS) is 13.4. The van der Waals surface area contributed by atoms with Gasteiger partial charge in [-0.3, -0.25) is 9.69 Å². The summed E-state index contributed by atoms with van der Waals surface area (Å²) in [5.41, 5.74) is 2.21. The SMILES string of the molecule is CCOc1ccccc1Oc1coc2c3c(ccc2c1=O)OCN(Cc1ccc(Cl)cc1)C3. The fourth-order valence-electron chi connectivity index (χ4n) is 3.88. The number of nitrogens with zero attached hydrogens (tertiary/aromatic N) is 1. The first-order valence-electron chi connectivity index (χ1n) is 10.7. The van der Waals surface area contributed by atoms with Gasteiger partial charge in [0.25, 0.3) is 0 Å². The molecule has 0 fully saturated rings. The number of para-hydroxylation sites is 2. The van der Waals surface area contributed by atoms with Crippen molar-refractivity contribution in [3.63, 3.8) is 0 Å². The van der Waals surface area contributed by atoms with E-state index in [4.69, 9.17) is 30.2 Å². The van der Waals surface area contributed by atoms with Crippen LogP contribution < -0.4 is 19.6 Å². The molecule has 168 valence electrons. The van der Waals surface area contributed by atoms with Crippen LogP contribution in [-0.4, -0.2) is 18.2 Å². The lowest BCUT2D eigenvalue weighted by Crippen LogP contribution is -2.31. The Bertz CT molecular complexity index is 1350. The van der Waals surface area contributed by atoms with Crippen LogP contribution in [0.25, 0.3) is 11.0 Å². The number of rotatable bonds is 6. The molecular formula is C26H22ClNO5. The van der Waals surface area contributed by atoms with Crippen molar-refractivity contribution in [1.82, 2.24) is 4.90 Å². The predicted molar refractivity (Wildman–Crippen MR) is 126 cm³/mol. The molecule has 0 spiro atoms. The zero-order valence-electron chi connectivity index (χ0n) is 18.0. The summed E-state index contributed by atoms with van der Waals surface area (Å²) >= 11 is 5.99. The Hall–Kier alpha value is -3.48. The molecule has 0 radical (unpaired) electrons. The molecule has 5 rings (SSSR count). The maximum absolute atomic E-state index is 13.2. The van der Waals surface area contributed by atoms with Gasteiger partial charge < -0.3 is 18.6 Å². The van der Waals surface area contributed by atoms with Gasteiger partial charge in [-0.15, -0.1) is 0 Å². The van der Waals surface area contributed by atoms with Crippen molar-refractivity contribution < 1.29 is 18.6 Å². The summed E-state index contributed by atoms with van der Waals surface area (Å²) in [6.45, 7) is 4.10. The van der Waals surface area contributed by atoms with Gasteiger partial charge in [0.05, 0.1) is 17.6 Å². The minimum atomic E-state index is -0.250. The number of ether oxygens (including phenoxy) is 3. The van der Waals surface area contributed by atoms with E-state index in [1.54, 1.807) is 18.2 Å². The van der Waals surface area contributed by atoms with Crippen LogP contribution in [0.4, 0.5) is 0 Å². The van der Waals surface area contributed by atoms with E-state index in [1.165, 1.54) is 6.26 Å². The van der Waals surface area contributed by atoms with Gasteiger partial charge in [0.1, 0.15) is 24.3 Å². The second-order valence-corrected chi connectivity index (χ2v) is 8.15. The molecule has 4 aromatic rings. The molecule has 7 heteroatoms. The molecule has 3 aromatic carbocycles. The van der Waals surface area contributed by atoms with Crippen LogP contribution in [0.3, 0.4) is 0 Å². The quantitative estimate of drug-likeness (QED) is 0.350. The number of halogens is 1. The minimum absolute atomic E-state index is 0.101. The van der Waals surface area contributed by atoms with E-state index in [0.29, 0.717) is 59.7 Å². The Morgan fingerprint density at radius 1 is 1.00 bits per heavy atom. The van der Waals surface area contributed by atoms with Crippen molar-refractivity contribution in [3.8, 4) is 23.0 Å². The van der Waals surface area contributed by atoms with E-state index in [-0.39, 0.29) is 11.2 Å². The Labute approximate surface area is 195 Å². The molecule has 33 heavy (non-hydrogen) atoms. The van der Waals surface area contributed by atoms with Crippen molar-refractivity contribution >= 4 is 22.6 Å². The molecule has 0 saturated carbocycles. The highest BCUT2D eigenvalue weighted by Crippen LogP contribution is 2.34. The molecule has 0 atom stereocenters. The van der Waals surface area contributed by atoms with Gasteiger partial charge in [0.15, 0.2) is 11.5 Å². The molecule has 0 amide bonds. The maximum atomic E-state index is 13.2. The molecule has 0 bridgehead atoms. The summed E-state index contributed by atoms with van der Waals surface area (Å²) in [6.07, 6.45) is 1.35. The third-order valence-corrected chi connectivity index (χ3v) is 5.69. The highest BCUT2D eigenvalue weighted by molar-refractivity contribution is 6.30. The largest absolute Gasteiger partial charge is 0.490 e. The van der Waals surface area contributed by atoms with Crippen molar-refractivity contribution in [2.75, 3.05) is 13.3 Å². The van der Waals surface area contributed by atoms with Crippen LogP contribution in [0.1, 0.15) is 18.1 Å². The van der Waals surface area contributed by atoms with Crippen molar-refractivity contribution in [1.29, 1.82) is 0 Å². The van der Waals surface area contributed by atoms with E-state index < -0.39 is 0 Å². The van der Waals surface area contributed by atoms with Crippen LogP contribution >= 0.6 is 11.6 Å². The monoisotopic (exact) mass is 463 g/mol. The van der Waals surface area contributed by atoms with Gasteiger partial charge in [-0.1, -0.05) is 35.9 Å². The van der Waals surface area contributed by atoms with Gasteiger partial charge in [0, 0.05) is 18.1 Å². The molecular weight excluding hydrogens is 442 g/mol. The first-order valence-corrected chi connectivity index (χ1v) is 11.1. The van der Waals surface area contributed by atoms with Gasteiger partial charge in [0.2, 0.25) is 11.2 Å². The van der Waals surface area contributed by atoms with Crippen LogP contribution in [0, 0.1) is 0 Å². The zero-order chi connectivity index (χ0) is 22.8. The van der Waals surface area contributed by atoms with E-state index >= 15 is 0 Å². The van der Waals surface area contributed by atoms with Gasteiger partial charge in [-0.05, 0) is 48.9 Å². The third kappa shape index (κ3) is 4.40. The van der Waals surface area contributed by atoms with E-state index in [2.05, 4.69) is 4.90 Å². The predicted octanol–water partition coefficient (Wildman–Crippen LogP) is 5.99. The maximum Gasteiger partial charge on any atom is 0.235 e. The number of hydrogen-bond acceptors (Lipinski definition) is 6. The first-order chi connectivity index (χ1) is 16.1. The summed E-state index contributed by atoms with van der Waals surface area (Å²) in [5.74, 6) is 1.84. The van der Waals surface area contributed by atoms with Crippen molar-refractivity contribution in [3.05, 3.63) is 93.3 Å². The highest BCUT2D eigenvalue weighted by Gasteiger charge is 2.23. The van der Waals surface area contributed by atoms with Gasteiger partial charge >= 0.3 is 0 Å². The summed E-state index contributed by atoms with van der Waals surface area (Å²) in [7, 11) is 0. The fraction of sp³-hybridized carbons (Fsp3) is 0.192. The van der Waals surface area contributed by atoms with Crippen LogP contribution in [0.15, 0.2) is 76.1 Å². The lowest BCUT2D eigenvalue weighted by molar-refractivity contribution is 0.0890. The Morgan fingerprint density at radius 2 is 1.79 bits per heavy atom. The molecule has 0 N–H and O–H groups in total. The van der Waals surface area contributed by atoms with Crippen molar-refractivity contribution in [2.45, 2.75) is 20.0 Å². The second-order valence-electron chi connectivity index (χ2n) is 7.72. The number of benzene rings is 3. The van der Waals surface area contributed by atoms with Crippen LogP contribution in [-0.2, 0) is 13.1 Å². The molecule has 2 heterocycles. The summed E-state index contributed by atoms with van der Waals surface area (Å²) in [5, 5.41) is 1.14. The second kappa shape index (κ2) is 9.17. The fourth-order valence-corrected chi connectivity index (χ4v) is 4.01.